The van der Waals surface area contributed by atoms with Crippen molar-refractivity contribution in [2.75, 3.05) is 0 Å². The zero-order valence-electron chi connectivity index (χ0n) is 3.70. The first kappa shape index (κ1) is 9.94. The van der Waals surface area contributed by atoms with E-state index in [1.165, 1.54) is 0 Å². The molecule has 0 aromatic rings. The normalized spacial score (nSPS) is 10.0. The van der Waals surface area contributed by atoms with Gasteiger partial charge in [-0.05, 0) is 0 Å². The number of rotatable bonds is 0. The molecule has 1 radical (unpaired) electrons. The summed E-state index contributed by atoms with van der Waals surface area (Å²) in [5.41, 5.74) is 0. The molecule has 0 saturated carbocycles. The molecule has 0 aromatic heterocycles. The summed E-state index contributed by atoms with van der Waals surface area (Å²) in [5.74, 6) is 0. The molecule has 0 aliphatic rings. The van der Waals surface area contributed by atoms with Crippen molar-refractivity contribution >= 4 is 29.6 Å². The van der Waals surface area contributed by atoms with E-state index in [9.17, 15) is 8.78 Å². The van der Waals surface area contributed by atoms with Gasteiger partial charge < -0.3 is 5.11 Å². The standard InChI is InChI=1S/C2H4F2O.Na/c1-2(3,4)5;/h5H,1H3;. The summed E-state index contributed by atoms with van der Waals surface area (Å²) >= 11 is 0. The van der Waals surface area contributed by atoms with Crippen LogP contribution < -0.4 is 0 Å². The summed E-state index contributed by atoms with van der Waals surface area (Å²) in [6.45, 7) is 0.410. The van der Waals surface area contributed by atoms with Crippen LogP contribution in [0.3, 0.4) is 0 Å². The molecule has 0 bridgehead atoms. The van der Waals surface area contributed by atoms with Gasteiger partial charge in [-0.2, -0.15) is 8.78 Å². The van der Waals surface area contributed by atoms with Gasteiger partial charge in [0.05, 0.1) is 0 Å². The third kappa shape index (κ3) is 105. The minimum atomic E-state index is -3.50. The van der Waals surface area contributed by atoms with E-state index in [-0.39, 0.29) is 29.6 Å². The number of hydrogen-bond acceptors (Lipinski definition) is 1. The third-order valence-corrected chi connectivity index (χ3v) is 0. The van der Waals surface area contributed by atoms with Gasteiger partial charge in [-0.1, -0.05) is 0 Å². The molecule has 0 atom stereocenters. The van der Waals surface area contributed by atoms with Crippen molar-refractivity contribution in [3.63, 3.8) is 0 Å². The van der Waals surface area contributed by atoms with Crippen molar-refractivity contribution in [3.8, 4) is 0 Å². The van der Waals surface area contributed by atoms with Crippen LogP contribution in [0.4, 0.5) is 8.78 Å². The van der Waals surface area contributed by atoms with Gasteiger partial charge in [0.25, 0.3) is 0 Å². The van der Waals surface area contributed by atoms with Crippen molar-refractivity contribution in [2.24, 2.45) is 0 Å². The molecule has 4 heteroatoms. The van der Waals surface area contributed by atoms with E-state index in [4.69, 9.17) is 5.11 Å². The van der Waals surface area contributed by atoms with Crippen LogP contribution in [-0.2, 0) is 0 Å². The Bertz CT molecular complexity index is 27.0. The Morgan fingerprint density at radius 3 is 1.50 bits per heavy atom. The Balaban J connectivity index is 0. The summed E-state index contributed by atoms with van der Waals surface area (Å²) < 4.78 is 21.2. The zero-order chi connectivity index (χ0) is 4.50. The minimum Gasteiger partial charge on any atom is -0.337 e. The van der Waals surface area contributed by atoms with Crippen molar-refractivity contribution < 1.29 is 13.9 Å². The van der Waals surface area contributed by atoms with Gasteiger partial charge in [-0.25, -0.2) is 0 Å². The molecule has 33 valence electrons. The summed E-state index contributed by atoms with van der Waals surface area (Å²) in [5, 5.41) is 7.19. The predicted octanol–water partition coefficient (Wildman–Crippen LogP) is 0.211. The Kier molecular flexibility index (Phi) is 4.82. The molecule has 0 aromatic carbocycles. The molecular formula is C2H4F2NaO. The summed E-state index contributed by atoms with van der Waals surface area (Å²) in [6, 6.07) is 0. The van der Waals surface area contributed by atoms with Gasteiger partial charge in [-0.3, -0.25) is 0 Å². The van der Waals surface area contributed by atoms with Gasteiger partial charge >= 0.3 is 6.11 Å². The van der Waals surface area contributed by atoms with Crippen LogP contribution in [0.25, 0.3) is 0 Å². The number of hydrogen-bond donors (Lipinski definition) is 1. The average molecular weight is 105 g/mol. The minimum absolute atomic E-state index is 0. The van der Waals surface area contributed by atoms with Crippen LogP contribution in [0.15, 0.2) is 0 Å². The topological polar surface area (TPSA) is 20.2 Å². The fourth-order valence-corrected chi connectivity index (χ4v) is 0. The molecule has 0 fully saturated rings. The van der Waals surface area contributed by atoms with E-state index >= 15 is 0 Å². The van der Waals surface area contributed by atoms with E-state index in [1.807, 2.05) is 0 Å². The van der Waals surface area contributed by atoms with Crippen molar-refractivity contribution in [1.29, 1.82) is 0 Å². The first-order valence-corrected chi connectivity index (χ1v) is 1.10. The van der Waals surface area contributed by atoms with Crippen LogP contribution in [0.1, 0.15) is 6.92 Å². The number of aliphatic hydroxyl groups is 1. The van der Waals surface area contributed by atoms with Crippen molar-refractivity contribution in [3.05, 3.63) is 0 Å². The van der Waals surface area contributed by atoms with E-state index in [1.54, 1.807) is 0 Å². The fraction of sp³-hybridized carbons (Fsp3) is 1.00. The SMILES string of the molecule is CC(O)(F)F.[Na]. The smallest absolute Gasteiger partial charge is 0.337 e. The molecule has 0 aliphatic carbocycles. The Morgan fingerprint density at radius 2 is 1.50 bits per heavy atom. The largest absolute Gasteiger partial charge is 0.350 e. The Hall–Kier alpha value is 0.820. The van der Waals surface area contributed by atoms with Gasteiger partial charge in [-0.15, -0.1) is 0 Å². The number of alkyl halides is 2. The molecule has 0 unspecified atom stereocenters. The second-order valence-corrected chi connectivity index (χ2v) is 0.842. The van der Waals surface area contributed by atoms with Gasteiger partial charge in [0, 0.05) is 36.5 Å². The third-order valence-electron chi connectivity index (χ3n) is 0. The van der Waals surface area contributed by atoms with Crippen LogP contribution in [0, 0.1) is 0 Å². The first-order valence-electron chi connectivity index (χ1n) is 1.10. The second-order valence-electron chi connectivity index (χ2n) is 0.842. The molecule has 6 heavy (non-hydrogen) atoms. The second kappa shape index (κ2) is 2.91. The molecule has 0 amide bonds. The Labute approximate surface area is 56.6 Å². The van der Waals surface area contributed by atoms with Crippen LogP contribution >= 0.6 is 0 Å². The van der Waals surface area contributed by atoms with Gasteiger partial charge in [0.1, 0.15) is 0 Å². The maximum Gasteiger partial charge on any atom is 0.350 e. The maximum absolute atomic E-state index is 10.6. The van der Waals surface area contributed by atoms with Gasteiger partial charge in [0.2, 0.25) is 0 Å². The number of halogens is 2. The summed E-state index contributed by atoms with van der Waals surface area (Å²) in [4.78, 5) is 0. The summed E-state index contributed by atoms with van der Waals surface area (Å²) in [7, 11) is 0. The van der Waals surface area contributed by atoms with Crippen LogP contribution in [0.5, 0.6) is 0 Å². The molecule has 0 aliphatic heterocycles. The molecule has 1 nitrogen and oxygen atoms in total. The first-order chi connectivity index (χ1) is 2.00. The zero-order valence-corrected chi connectivity index (χ0v) is 5.70. The molecular weight excluding hydrogens is 101 g/mol. The Morgan fingerprint density at radius 1 is 1.50 bits per heavy atom. The maximum atomic E-state index is 10.6. The quantitative estimate of drug-likeness (QED) is 0.436. The van der Waals surface area contributed by atoms with E-state index in [0.29, 0.717) is 6.92 Å². The molecule has 0 heterocycles. The average Bonchev–Trinajstić information content (AvgIpc) is 0.722. The van der Waals surface area contributed by atoms with Crippen molar-refractivity contribution in [1.82, 2.24) is 0 Å². The summed E-state index contributed by atoms with van der Waals surface area (Å²) in [6.07, 6.45) is -3.50. The molecule has 1 N–H and O–H groups in total. The fourth-order valence-electron chi connectivity index (χ4n) is 0. The van der Waals surface area contributed by atoms with E-state index in [0.717, 1.165) is 0 Å². The predicted molar refractivity (Wildman–Crippen MR) is 18.6 cm³/mol. The van der Waals surface area contributed by atoms with E-state index in [2.05, 4.69) is 0 Å². The van der Waals surface area contributed by atoms with E-state index < -0.39 is 6.11 Å². The molecule has 0 saturated heterocycles. The van der Waals surface area contributed by atoms with Crippen LogP contribution in [-0.4, -0.2) is 40.8 Å². The van der Waals surface area contributed by atoms with Crippen LogP contribution in [0.2, 0.25) is 0 Å². The monoisotopic (exact) mass is 105 g/mol. The molecule has 0 rings (SSSR count). The van der Waals surface area contributed by atoms with Crippen molar-refractivity contribution in [2.45, 2.75) is 13.0 Å². The molecule has 0 spiro atoms. The van der Waals surface area contributed by atoms with Gasteiger partial charge in [0.15, 0.2) is 0 Å².